The van der Waals surface area contributed by atoms with Gasteiger partial charge in [-0.2, -0.15) is 0 Å². The molecule has 3 aromatic rings. The molecule has 0 bridgehead atoms. The molecular weight excluding hydrogens is 302 g/mol. The van der Waals surface area contributed by atoms with Gasteiger partial charge in [0.05, 0.1) is 17.5 Å². The Kier molecular flexibility index (Phi) is 3.97. The molecule has 2 amide bonds. The molecule has 0 saturated carbocycles. The van der Waals surface area contributed by atoms with E-state index in [4.69, 9.17) is 4.42 Å². The third-order valence-electron chi connectivity index (χ3n) is 2.82. The summed E-state index contributed by atoms with van der Waals surface area (Å²) in [4.78, 5) is 28.3. The highest BCUT2D eigenvalue weighted by molar-refractivity contribution is 7.13. The van der Waals surface area contributed by atoms with Crippen LogP contribution in [0.1, 0.15) is 20.9 Å². The van der Waals surface area contributed by atoms with E-state index in [1.807, 2.05) is 0 Å². The molecule has 0 aliphatic carbocycles. The maximum absolute atomic E-state index is 12.3. The number of nitrogens with zero attached hydrogens (tertiary/aromatic N) is 1. The Hall–Kier alpha value is -2.93. The molecule has 0 aliphatic rings. The quantitative estimate of drug-likeness (QED) is 0.774. The minimum absolute atomic E-state index is 0.176. The first-order valence-electron chi connectivity index (χ1n) is 6.39. The molecule has 0 saturated heterocycles. The molecule has 0 atom stereocenters. The lowest BCUT2D eigenvalue weighted by atomic mass is 10.1. The highest BCUT2D eigenvalue weighted by Crippen LogP contribution is 2.19. The topological polar surface area (TPSA) is 84.2 Å². The summed E-state index contributed by atoms with van der Waals surface area (Å²) < 4.78 is 5.03. The van der Waals surface area contributed by atoms with Gasteiger partial charge < -0.3 is 9.73 Å². The maximum atomic E-state index is 12.3. The lowest BCUT2D eigenvalue weighted by Gasteiger charge is -2.09. The summed E-state index contributed by atoms with van der Waals surface area (Å²) in [6, 6.07) is 9.90. The smallest absolute Gasteiger partial charge is 0.291 e. The Morgan fingerprint density at radius 1 is 1.05 bits per heavy atom. The van der Waals surface area contributed by atoms with E-state index in [1.54, 1.807) is 48.0 Å². The predicted molar refractivity (Wildman–Crippen MR) is 83.2 cm³/mol. The van der Waals surface area contributed by atoms with Crippen molar-refractivity contribution < 1.29 is 14.0 Å². The van der Waals surface area contributed by atoms with Gasteiger partial charge in [-0.1, -0.05) is 12.1 Å². The molecule has 0 unspecified atom stereocenters. The normalized spacial score (nSPS) is 10.2. The van der Waals surface area contributed by atoms with Crippen LogP contribution in [0.25, 0.3) is 0 Å². The molecule has 3 rings (SSSR count). The number of hydrogen-bond acceptors (Lipinski definition) is 5. The molecule has 0 fully saturated rings. The van der Waals surface area contributed by atoms with Gasteiger partial charge in [-0.25, -0.2) is 4.98 Å². The van der Waals surface area contributed by atoms with E-state index in [0.29, 0.717) is 16.4 Å². The number of thiazole rings is 1. The molecule has 2 aromatic heterocycles. The highest BCUT2D eigenvalue weighted by atomic mass is 32.1. The van der Waals surface area contributed by atoms with Crippen LogP contribution in [0.4, 0.5) is 10.8 Å². The van der Waals surface area contributed by atoms with Gasteiger partial charge in [0.25, 0.3) is 11.8 Å². The molecule has 0 aliphatic heterocycles. The zero-order valence-electron chi connectivity index (χ0n) is 11.3. The standard InChI is InChI=1S/C15H11N3O3S/c19-13(18-15-16-7-9-22-15)10-4-1-2-5-11(10)17-14(20)12-6-3-8-21-12/h1-9H,(H,17,20)(H,16,18,19). The van der Waals surface area contributed by atoms with Crippen molar-refractivity contribution in [3.8, 4) is 0 Å². The Morgan fingerprint density at radius 2 is 1.91 bits per heavy atom. The molecule has 7 heteroatoms. The SMILES string of the molecule is O=C(Nc1ccccc1C(=O)Nc1nccs1)c1ccco1. The van der Waals surface area contributed by atoms with Crippen molar-refractivity contribution in [3.05, 3.63) is 65.6 Å². The van der Waals surface area contributed by atoms with Gasteiger partial charge in [0, 0.05) is 11.6 Å². The Bertz CT molecular complexity index is 782. The van der Waals surface area contributed by atoms with Crippen molar-refractivity contribution in [2.24, 2.45) is 0 Å². The first-order chi connectivity index (χ1) is 10.7. The number of aromatic nitrogens is 1. The lowest BCUT2D eigenvalue weighted by molar-refractivity contribution is 0.0996. The van der Waals surface area contributed by atoms with Crippen LogP contribution in [0.5, 0.6) is 0 Å². The number of amides is 2. The monoisotopic (exact) mass is 313 g/mol. The van der Waals surface area contributed by atoms with Crippen molar-refractivity contribution in [2.75, 3.05) is 10.6 Å². The maximum Gasteiger partial charge on any atom is 0.291 e. The summed E-state index contributed by atoms with van der Waals surface area (Å²) in [5.74, 6) is -0.583. The molecule has 0 radical (unpaired) electrons. The molecule has 22 heavy (non-hydrogen) atoms. The number of carbonyl (C=O) groups excluding carboxylic acids is 2. The first-order valence-corrected chi connectivity index (χ1v) is 7.27. The Morgan fingerprint density at radius 3 is 2.64 bits per heavy atom. The van der Waals surface area contributed by atoms with Crippen molar-refractivity contribution in [1.82, 2.24) is 4.98 Å². The fraction of sp³-hybridized carbons (Fsp3) is 0. The van der Waals surface area contributed by atoms with Gasteiger partial charge in [-0.05, 0) is 24.3 Å². The number of rotatable bonds is 4. The van der Waals surface area contributed by atoms with Gasteiger partial charge in [0.1, 0.15) is 0 Å². The highest BCUT2D eigenvalue weighted by Gasteiger charge is 2.16. The summed E-state index contributed by atoms with van der Waals surface area (Å²) in [6.45, 7) is 0. The van der Waals surface area contributed by atoms with Gasteiger partial charge in [-0.15, -0.1) is 11.3 Å². The van der Waals surface area contributed by atoms with Crippen molar-refractivity contribution in [2.45, 2.75) is 0 Å². The molecule has 2 heterocycles. The van der Waals surface area contributed by atoms with Gasteiger partial charge in [0.2, 0.25) is 0 Å². The zero-order valence-corrected chi connectivity index (χ0v) is 12.1. The molecule has 1 aromatic carbocycles. The van der Waals surface area contributed by atoms with Crippen LogP contribution in [0.15, 0.2) is 58.7 Å². The summed E-state index contributed by atoms with van der Waals surface area (Å²) in [5, 5.41) is 7.60. The number of hydrogen-bond donors (Lipinski definition) is 2. The van der Waals surface area contributed by atoms with E-state index >= 15 is 0 Å². The molecule has 2 N–H and O–H groups in total. The van der Waals surface area contributed by atoms with E-state index in [0.717, 1.165) is 0 Å². The summed E-state index contributed by atoms with van der Waals surface area (Å²) in [5.41, 5.74) is 0.746. The van der Waals surface area contributed by atoms with E-state index in [-0.39, 0.29) is 11.7 Å². The van der Waals surface area contributed by atoms with Crippen LogP contribution >= 0.6 is 11.3 Å². The second-order valence-electron chi connectivity index (χ2n) is 4.27. The van der Waals surface area contributed by atoms with E-state index < -0.39 is 5.91 Å². The number of furan rings is 1. The Balaban J connectivity index is 1.80. The minimum atomic E-state index is -0.417. The fourth-order valence-electron chi connectivity index (χ4n) is 1.83. The van der Waals surface area contributed by atoms with Gasteiger partial charge in [0.15, 0.2) is 10.9 Å². The minimum Gasteiger partial charge on any atom is -0.459 e. The molecular formula is C15H11N3O3S. The number of anilines is 2. The van der Waals surface area contributed by atoms with Crippen molar-refractivity contribution in [1.29, 1.82) is 0 Å². The largest absolute Gasteiger partial charge is 0.459 e. The summed E-state index contributed by atoms with van der Waals surface area (Å²) in [6.07, 6.45) is 3.01. The van der Waals surface area contributed by atoms with E-state index in [2.05, 4.69) is 15.6 Å². The van der Waals surface area contributed by atoms with Crippen molar-refractivity contribution in [3.63, 3.8) is 0 Å². The van der Waals surface area contributed by atoms with Crippen molar-refractivity contribution >= 4 is 34.0 Å². The third kappa shape index (κ3) is 3.04. The molecule has 6 nitrogen and oxygen atoms in total. The second-order valence-corrected chi connectivity index (χ2v) is 5.16. The summed E-state index contributed by atoms with van der Waals surface area (Å²) in [7, 11) is 0. The predicted octanol–water partition coefficient (Wildman–Crippen LogP) is 3.24. The van der Waals surface area contributed by atoms with Crippen LogP contribution in [0, 0.1) is 0 Å². The van der Waals surface area contributed by atoms with E-state index in [1.165, 1.54) is 17.6 Å². The van der Waals surface area contributed by atoms with E-state index in [9.17, 15) is 9.59 Å². The average Bonchev–Trinajstić information content (AvgIpc) is 3.21. The zero-order chi connectivity index (χ0) is 15.4. The number of para-hydroxylation sites is 1. The van der Waals surface area contributed by atoms with Crippen LogP contribution in [0.2, 0.25) is 0 Å². The van der Waals surface area contributed by atoms with Gasteiger partial charge in [-0.3, -0.25) is 14.9 Å². The third-order valence-corrected chi connectivity index (χ3v) is 3.51. The number of nitrogens with one attached hydrogen (secondary N) is 2. The average molecular weight is 313 g/mol. The first kappa shape index (κ1) is 14.0. The molecule has 110 valence electrons. The molecule has 0 spiro atoms. The van der Waals surface area contributed by atoms with Gasteiger partial charge >= 0.3 is 0 Å². The number of carbonyl (C=O) groups is 2. The van der Waals surface area contributed by atoms with Crippen LogP contribution < -0.4 is 10.6 Å². The summed E-state index contributed by atoms with van der Waals surface area (Å²) >= 11 is 1.32. The Labute approximate surface area is 129 Å². The van der Waals surface area contributed by atoms with Crippen LogP contribution in [-0.4, -0.2) is 16.8 Å². The second kappa shape index (κ2) is 6.23. The fourth-order valence-corrected chi connectivity index (χ4v) is 2.36. The van der Waals surface area contributed by atoms with Crippen LogP contribution in [-0.2, 0) is 0 Å². The lowest BCUT2D eigenvalue weighted by Crippen LogP contribution is -2.17. The number of benzene rings is 1. The van der Waals surface area contributed by atoms with Crippen LogP contribution in [0.3, 0.4) is 0 Å².